The fourth-order valence-electron chi connectivity index (χ4n) is 4.28. The Balaban J connectivity index is 1.71. The van der Waals surface area contributed by atoms with E-state index in [9.17, 15) is 5.11 Å². The monoisotopic (exact) mass is 493 g/mol. The van der Waals surface area contributed by atoms with Gasteiger partial charge in [-0.3, -0.25) is 4.90 Å². The molecule has 1 atom stereocenters. The maximum atomic E-state index is 10.7. The quantitative estimate of drug-likeness (QED) is 0.337. The Bertz CT molecular complexity index is 1090. The second-order valence-electron chi connectivity index (χ2n) is 10.0. The van der Waals surface area contributed by atoms with Crippen LogP contribution in [-0.2, 0) is 11.3 Å². The van der Waals surface area contributed by atoms with Crippen molar-refractivity contribution in [3.8, 4) is 23.1 Å². The van der Waals surface area contributed by atoms with Gasteiger partial charge in [-0.05, 0) is 69.0 Å². The van der Waals surface area contributed by atoms with E-state index in [1.54, 1.807) is 7.11 Å². The largest absolute Gasteiger partial charge is 0.497 e. The molecule has 3 aromatic rings. The van der Waals surface area contributed by atoms with Crippen LogP contribution in [-0.4, -0.2) is 58.3 Å². The normalized spacial score (nSPS) is 14.6. The van der Waals surface area contributed by atoms with E-state index in [1.165, 1.54) is 0 Å². The van der Waals surface area contributed by atoms with Crippen molar-refractivity contribution in [2.24, 2.45) is 0 Å². The van der Waals surface area contributed by atoms with Crippen molar-refractivity contribution < 1.29 is 19.3 Å². The van der Waals surface area contributed by atoms with Crippen LogP contribution in [0.2, 0.25) is 0 Å². The van der Waals surface area contributed by atoms with E-state index in [0.29, 0.717) is 31.6 Å². The maximum Gasteiger partial charge on any atom is 0.227 e. The average Bonchev–Trinajstić information content (AvgIpc) is 3.66. The number of aromatic nitrogens is 2. The van der Waals surface area contributed by atoms with E-state index >= 15 is 0 Å². The molecule has 1 heterocycles. The summed E-state index contributed by atoms with van der Waals surface area (Å²) in [5, 5.41) is 15.7. The van der Waals surface area contributed by atoms with Gasteiger partial charge < -0.3 is 19.3 Å². The maximum absolute atomic E-state index is 10.7. The lowest BCUT2D eigenvalue weighted by molar-refractivity contribution is -0.0108. The van der Waals surface area contributed by atoms with Crippen molar-refractivity contribution >= 4 is 0 Å². The van der Waals surface area contributed by atoms with Gasteiger partial charge in [-0.1, -0.05) is 32.0 Å². The van der Waals surface area contributed by atoms with Crippen LogP contribution in [0, 0.1) is 0 Å². The van der Waals surface area contributed by atoms with Crippen molar-refractivity contribution in [2.75, 3.05) is 20.3 Å². The van der Waals surface area contributed by atoms with Crippen LogP contribution in [0.5, 0.6) is 17.4 Å². The highest BCUT2D eigenvalue weighted by Gasteiger charge is 2.33. The molecule has 0 spiro atoms. The number of hydrogen-bond acceptors (Lipinski definition) is 6. The Morgan fingerprint density at radius 2 is 1.69 bits per heavy atom. The molecule has 7 nitrogen and oxygen atoms in total. The number of aliphatic hydroxyl groups excluding tert-OH is 1. The first kappa shape index (κ1) is 26.2. The highest BCUT2D eigenvalue weighted by molar-refractivity contribution is 5.46. The molecule has 36 heavy (non-hydrogen) atoms. The predicted octanol–water partition coefficient (Wildman–Crippen LogP) is 5.55. The number of methoxy groups -OCH3 is 1. The molecule has 0 amide bonds. The smallest absolute Gasteiger partial charge is 0.227 e. The molecule has 2 aromatic carbocycles. The van der Waals surface area contributed by atoms with Gasteiger partial charge in [-0.25, -0.2) is 4.68 Å². The second kappa shape index (κ2) is 11.9. The fraction of sp³-hybridized carbons (Fsp3) is 0.483. The van der Waals surface area contributed by atoms with Gasteiger partial charge in [0, 0.05) is 19.1 Å². The number of rotatable bonds is 13. The minimum Gasteiger partial charge on any atom is -0.497 e. The SMILES string of the molecule is COc1ccc(-n2nc(C(C)C)c(CN(C[C@H](O)COC(C)C)C3CC3)c2Oc2ccccc2)cc1. The molecule has 1 N–H and O–H groups in total. The zero-order valence-electron chi connectivity index (χ0n) is 22.1. The molecule has 0 saturated heterocycles. The van der Waals surface area contributed by atoms with Crippen LogP contribution in [0.25, 0.3) is 5.69 Å². The van der Waals surface area contributed by atoms with Gasteiger partial charge in [0.25, 0.3) is 0 Å². The summed E-state index contributed by atoms with van der Waals surface area (Å²) in [6, 6.07) is 18.1. The summed E-state index contributed by atoms with van der Waals surface area (Å²) in [7, 11) is 1.66. The van der Waals surface area contributed by atoms with Gasteiger partial charge in [0.2, 0.25) is 5.88 Å². The van der Waals surface area contributed by atoms with Gasteiger partial charge in [0.1, 0.15) is 11.5 Å². The van der Waals surface area contributed by atoms with E-state index in [2.05, 4.69) is 18.7 Å². The minimum absolute atomic E-state index is 0.0928. The number of para-hydroxylation sites is 1. The fourth-order valence-corrected chi connectivity index (χ4v) is 4.28. The van der Waals surface area contributed by atoms with Crippen LogP contribution in [0.4, 0.5) is 0 Å². The zero-order chi connectivity index (χ0) is 25.7. The molecule has 1 aliphatic carbocycles. The highest BCUT2D eigenvalue weighted by Crippen LogP contribution is 2.37. The second-order valence-corrected chi connectivity index (χ2v) is 10.0. The van der Waals surface area contributed by atoms with Crippen molar-refractivity contribution in [2.45, 2.75) is 71.2 Å². The van der Waals surface area contributed by atoms with Gasteiger partial charge in [0.15, 0.2) is 0 Å². The first-order valence-corrected chi connectivity index (χ1v) is 12.9. The van der Waals surface area contributed by atoms with Crippen LogP contribution >= 0.6 is 0 Å². The molecule has 7 heteroatoms. The molecule has 1 fully saturated rings. The van der Waals surface area contributed by atoms with E-state index in [0.717, 1.165) is 41.3 Å². The van der Waals surface area contributed by atoms with Crippen LogP contribution in [0.3, 0.4) is 0 Å². The van der Waals surface area contributed by atoms with Crippen molar-refractivity contribution in [1.29, 1.82) is 0 Å². The lowest BCUT2D eigenvalue weighted by Gasteiger charge is -2.26. The Morgan fingerprint density at radius 3 is 2.28 bits per heavy atom. The molecule has 4 rings (SSSR count). The van der Waals surface area contributed by atoms with Crippen LogP contribution < -0.4 is 9.47 Å². The molecule has 0 aliphatic heterocycles. The number of ether oxygens (including phenoxy) is 3. The summed E-state index contributed by atoms with van der Waals surface area (Å²) in [5.41, 5.74) is 2.95. The molecule has 0 radical (unpaired) electrons. The Kier molecular flexibility index (Phi) is 8.67. The van der Waals surface area contributed by atoms with Crippen molar-refractivity contribution in [3.05, 3.63) is 65.9 Å². The molecule has 1 aliphatic rings. The minimum atomic E-state index is -0.550. The molecule has 194 valence electrons. The Morgan fingerprint density at radius 1 is 1.00 bits per heavy atom. The summed E-state index contributed by atoms with van der Waals surface area (Å²) in [6.07, 6.45) is 1.81. The Hall–Kier alpha value is -2.87. The molecule has 1 aromatic heterocycles. The number of hydrogen-bond donors (Lipinski definition) is 1. The summed E-state index contributed by atoms with van der Waals surface area (Å²) < 4.78 is 19.4. The summed E-state index contributed by atoms with van der Waals surface area (Å²) in [6.45, 7) is 9.81. The summed E-state index contributed by atoms with van der Waals surface area (Å²) >= 11 is 0. The van der Waals surface area contributed by atoms with Crippen LogP contribution in [0.1, 0.15) is 57.7 Å². The number of aliphatic hydroxyl groups is 1. The molecular weight excluding hydrogens is 454 g/mol. The van der Waals surface area contributed by atoms with Crippen molar-refractivity contribution in [1.82, 2.24) is 14.7 Å². The third kappa shape index (κ3) is 6.66. The first-order chi connectivity index (χ1) is 17.4. The molecule has 0 bridgehead atoms. The molecule has 1 saturated carbocycles. The topological polar surface area (TPSA) is 69.0 Å². The van der Waals surface area contributed by atoms with Gasteiger partial charge >= 0.3 is 0 Å². The summed E-state index contributed by atoms with van der Waals surface area (Å²) in [5.74, 6) is 2.45. The third-order valence-corrected chi connectivity index (χ3v) is 6.28. The standard InChI is InChI=1S/C29H39N3O4/c1-20(2)28-27(18-31(22-11-12-22)17-24(33)19-35-21(3)4)29(36-26-9-7-6-8-10-26)32(30-28)23-13-15-25(34-5)16-14-23/h6-10,13-16,20-22,24,33H,11-12,17-19H2,1-5H3/t24-/m0/s1. The zero-order valence-corrected chi connectivity index (χ0v) is 22.1. The first-order valence-electron chi connectivity index (χ1n) is 12.9. The van der Waals surface area contributed by atoms with Crippen molar-refractivity contribution in [3.63, 3.8) is 0 Å². The summed E-state index contributed by atoms with van der Waals surface area (Å²) in [4.78, 5) is 2.35. The van der Waals surface area contributed by atoms with E-state index in [-0.39, 0.29) is 12.0 Å². The van der Waals surface area contributed by atoms with E-state index in [1.807, 2.05) is 73.1 Å². The molecular formula is C29H39N3O4. The van der Waals surface area contributed by atoms with E-state index in [4.69, 9.17) is 19.3 Å². The van der Waals surface area contributed by atoms with Gasteiger partial charge in [-0.2, -0.15) is 5.10 Å². The highest BCUT2D eigenvalue weighted by atomic mass is 16.5. The number of benzene rings is 2. The van der Waals surface area contributed by atoms with E-state index < -0.39 is 6.10 Å². The lowest BCUT2D eigenvalue weighted by Crippen LogP contribution is -2.36. The van der Waals surface area contributed by atoms with Gasteiger partial charge in [0.05, 0.1) is 42.9 Å². The number of nitrogens with zero attached hydrogens (tertiary/aromatic N) is 3. The predicted molar refractivity (Wildman–Crippen MR) is 141 cm³/mol. The third-order valence-electron chi connectivity index (χ3n) is 6.28. The Labute approximate surface area is 214 Å². The van der Waals surface area contributed by atoms with Gasteiger partial charge in [-0.15, -0.1) is 0 Å². The molecule has 0 unspecified atom stereocenters. The lowest BCUT2D eigenvalue weighted by atomic mass is 10.1. The average molecular weight is 494 g/mol. The van der Waals surface area contributed by atoms with Crippen LogP contribution in [0.15, 0.2) is 54.6 Å².